The first-order valence-corrected chi connectivity index (χ1v) is 9.14. The van der Waals surface area contributed by atoms with Crippen molar-refractivity contribution < 1.29 is 8.42 Å². The molecule has 0 radical (unpaired) electrons. The molecule has 1 unspecified atom stereocenters. The molecular weight excluding hydrogens is 246 g/mol. The fraction of sp³-hybridized carbons (Fsp3) is 1.00. The van der Waals surface area contributed by atoms with Gasteiger partial charge in [-0.05, 0) is 45.6 Å². The Morgan fingerprint density at radius 1 is 1.17 bits per heavy atom. The number of hydrogen-bond acceptors (Lipinski definition) is 3. The van der Waals surface area contributed by atoms with Crippen LogP contribution in [0, 0.1) is 5.92 Å². The molecule has 0 saturated heterocycles. The fourth-order valence-corrected chi connectivity index (χ4v) is 3.95. The molecule has 0 aliphatic heterocycles. The molecule has 0 aromatic rings. The molecule has 1 aliphatic rings. The van der Waals surface area contributed by atoms with E-state index in [0.717, 1.165) is 13.0 Å². The van der Waals surface area contributed by atoms with Gasteiger partial charge in [0.25, 0.3) is 0 Å². The molecule has 18 heavy (non-hydrogen) atoms. The maximum absolute atomic E-state index is 12.1. The molecule has 1 N–H and O–H groups in total. The van der Waals surface area contributed by atoms with Gasteiger partial charge in [0.1, 0.15) is 0 Å². The number of hydrogen-bond donors (Lipinski definition) is 1. The monoisotopic (exact) mass is 275 g/mol. The standard InChI is InChI=1S/C14H29NO2S/c1-4-10-15-14(11-18(16,17)12(2)3)13-8-6-5-7-9-13/h12-15H,4-11H2,1-3H3. The van der Waals surface area contributed by atoms with Gasteiger partial charge in [-0.1, -0.05) is 26.2 Å². The summed E-state index contributed by atoms with van der Waals surface area (Å²) in [6.07, 6.45) is 7.27. The Hall–Kier alpha value is -0.0900. The Kier molecular flexibility index (Phi) is 6.64. The average molecular weight is 275 g/mol. The van der Waals surface area contributed by atoms with Crippen LogP contribution in [-0.4, -0.2) is 32.0 Å². The summed E-state index contributed by atoms with van der Waals surface area (Å²) in [5.41, 5.74) is 0. The summed E-state index contributed by atoms with van der Waals surface area (Å²) < 4.78 is 24.2. The highest BCUT2D eigenvalue weighted by Gasteiger charge is 2.29. The van der Waals surface area contributed by atoms with Crippen molar-refractivity contribution in [2.75, 3.05) is 12.3 Å². The normalized spacial score (nSPS) is 20.2. The maximum Gasteiger partial charge on any atom is 0.154 e. The highest BCUT2D eigenvalue weighted by molar-refractivity contribution is 7.92. The van der Waals surface area contributed by atoms with E-state index in [2.05, 4.69) is 12.2 Å². The second kappa shape index (κ2) is 7.49. The minimum atomic E-state index is -2.94. The number of sulfone groups is 1. The van der Waals surface area contributed by atoms with Crippen molar-refractivity contribution >= 4 is 9.84 Å². The Bertz CT molecular complexity index is 319. The zero-order chi connectivity index (χ0) is 13.6. The SMILES string of the molecule is CCCNC(CS(=O)(=O)C(C)C)C1CCCCC1. The van der Waals surface area contributed by atoms with Crippen LogP contribution in [0.5, 0.6) is 0 Å². The lowest BCUT2D eigenvalue weighted by Gasteiger charge is -2.31. The molecule has 0 heterocycles. The van der Waals surface area contributed by atoms with Crippen molar-refractivity contribution in [3.05, 3.63) is 0 Å². The molecule has 0 aromatic heterocycles. The molecule has 1 atom stereocenters. The van der Waals surface area contributed by atoms with Gasteiger partial charge < -0.3 is 5.32 Å². The smallest absolute Gasteiger partial charge is 0.154 e. The van der Waals surface area contributed by atoms with Gasteiger partial charge in [-0.25, -0.2) is 8.42 Å². The lowest BCUT2D eigenvalue weighted by Crippen LogP contribution is -2.44. The van der Waals surface area contributed by atoms with Crippen molar-refractivity contribution in [2.24, 2.45) is 5.92 Å². The Labute approximate surface area is 113 Å². The van der Waals surface area contributed by atoms with Gasteiger partial charge in [-0.3, -0.25) is 0 Å². The second-order valence-electron chi connectivity index (χ2n) is 5.84. The summed E-state index contributed by atoms with van der Waals surface area (Å²) >= 11 is 0. The molecule has 1 rings (SSSR count). The Balaban J connectivity index is 2.65. The molecular formula is C14H29NO2S. The van der Waals surface area contributed by atoms with E-state index in [1.165, 1.54) is 32.1 Å². The maximum atomic E-state index is 12.1. The van der Waals surface area contributed by atoms with E-state index >= 15 is 0 Å². The van der Waals surface area contributed by atoms with Crippen molar-refractivity contribution in [3.63, 3.8) is 0 Å². The summed E-state index contributed by atoms with van der Waals surface area (Å²) in [4.78, 5) is 0. The van der Waals surface area contributed by atoms with Crippen LogP contribution < -0.4 is 5.32 Å². The third kappa shape index (κ3) is 4.88. The van der Waals surface area contributed by atoms with Crippen LogP contribution in [-0.2, 0) is 9.84 Å². The van der Waals surface area contributed by atoms with E-state index in [1.807, 2.05) is 0 Å². The number of rotatable bonds is 7. The quantitative estimate of drug-likeness (QED) is 0.777. The lowest BCUT2D eigenvalue weighted by atomic mass is 9.84. The topological polar surface area (TPSA) is 46.2 Å². The molecule has 0 bridgehead atoms. The van der Waals surface area contributed by atoms with Crippen LogP contribution in [0.3, 0.4) is 0 Å². The predicted molar refractivity (Wildman–Crippen MR) is 77.6 cm³/mol. The van der Waals surface area contributed by atoms with Crippen LogP contribution in [0.4, 0.5) is 0 Å². The molecule has 1 fully saturated rings. The van der Waals surface area contributed by atoms with Gasteiger partial charge in [-0.15, -0.1) is 0 Å². The van der Waals surface area contributed by atoms with E-state index in [0.29, 0.717) is 11.7 Å². The van der Waals surface area contributed by atoms with Gasteiger partial charge in [0.05, 0.1) is 11.0 Å². The first-order chi connectivity index (χ1) is 8.47. The third-order valence-corrected chi connectivity index (χ3v) is 6.27. The van der Waals surface area contributed by atoms with Crippen LogP contribution in [0.15, 0.2) is 0 Å². The summed E-state index contributed by atoms with van der Waals surface area (Å²) in [6, 6.07) is 0.164. The average Bonchev–Trinajstić information content (AvgIpc) is 2.35. The Morgan fingerprint density at radius 3 is 2.28 bits per heavy atom. The van der Waals surface area contributed by atoms with Crippen molar-refractivity contribution in [2.45, 2.75) is 70.6 Å². The minimum Gasteiger partial charge on any atom is -0.313 e. The fourth-order valence-electron chi connectivity index (χ4n) is 2.67. The van der Waals surface area contributed by atoms with Crippen LogP contribution in [0.1, 0.15) is 59.3 Å². The van der Waals surface area contributed by atoms with E-state index in [9.17, 15) is 8.42 Å². The third-order valence-electron chi connectivity index (χ3n) is 4.01. The highest BCUT2D eigenvalue weighted by atomic mass is 32.2. The molecule has 0 amide bonds. The van der Waals surface area contributed by atoms with Crippen LogP contribution in [0.25, 0.3) is 0 Å². The Morgan fingerprint density at radius 2 is 1.78 bits per heavy atom. The first kappa shape index (κ1) is 16.0. The van der Waals surface area contributed by atoms with Gasteiger partial charge >= 0.3 is 0 Å². The minimum absolute atomic E-state index is 0.164. The van der Waals surface area contributed by atoms with Gasteiger partial charge in [0.15, 0.2) is 9.84 Å². The van der Waals surface area contributed by atoms with Crippen molar-refractivity contribution in [1.82, 2.24) is 5.32 Å². The molecule has 3 nitrogen and oxygen atoms in total. The molecule has 0 spiro atoms. The second-order valence-corrected chi connectivity index (χ2v) is 8.44. The van der Waals surface area contributed by atoms with Gasteiger partial charge in [0, 0.05) is 6.04 Å². The van der Waals surface area contributed by atoms with Gasteiger partial charge in [-0.2, -0.15) is 0 Å². The lowest BCUT2D eigenvalue weighted by molar-refractivity contribution is 0.283. The summed E-state index contributed by atoms with van der Waals surface area (Å²) in [5.74, 6) is 0.869. The van der Waals surface area contributed by atoms with Crippen LogP contribution >= 0.6 is 0 Å². The largest absolute Gasteiger partial charge is 0.313 e. The summed E-state index contributed by atoms with van der Waals surface area (Å²) in [5, 5.41) is 3.21. The van der Waals surface area contributed by atoms with Crippen LogP contribution in [0.2, 0.25) is 0 Å². The molecule has 108 valence electrons. The summed E-state index contributed by atoms with van der Waals surface area (Å²) in [7, 11) is -2.94. The van der Waals surface area contributed by atoms with Crippen molar-refractivity contribution in [3.8, 4) is 0 Å². The predicted octanol–water partition coefficient (Wildman–Crippen LogP) is 2.76. The van der Waals surface area contributed by atoms with Crippen molar-refractivity contribution in [1.29, 1.82) is 0 Å². The molecule has 1 aliphatic carbocycles. The molecule has 0 aromatic carbocycles. The van der Waals surface area contributed by atoms with Gasteiger partial charge in [0.2, 0.25) is 0 Å². The zero-order valence-corrected chi connectivity index (χ0v) is 12.9. The zero-order valence-electron chi connectivity index (χ0n) is 12.1. The number of nitrogens with one attached hydrogen (secondary N) is 1. The van der Waals surface area contributed by atoms with E-state index < -0.39 is 9.84 Å². The highest BCUT2D eigenvalue weighted by Crippen LogP contribution is 2.27. The van der Waals surface area contributed by atoms with E-state index in [1.54, 1.807) is 13.8 Å². The molecule has 1 saturated carbocycles. The summed E-state index contributed by atoms with van der Waals surface area (Å²) in [6.45, 7) is 6.62. The van der Waals surface area contributed by atoms with E-state index in [4.69, 9.17) is 0 Å². The first-order valence-electron chi connectivity index (χ1n) is 7.42. The molecule has 4 heteroatoms. The van der Waals surface area contributed by atoms with E-state index in [-0.39, 0.29) is 11.3 Å².